The number of hydrogen-bond acceptors (Lipinski definition) is 6. The zero-order valence-corrected chi connectivity index (χ0v) is 16.9. The van der Waals surface area contributed by atoms with Crippen LogP contribution in [0.2, 0.25) is 0 Å². The summed E-state index contributed by atoms with van der Waals surface area (Å²) in [7, 11) is 1.57. The fourth-order valence-corrected chi connectivity index (χ4v) is 4.53. The number of benzene rings is 1. The van der Waals surface area contributed by atoms with Gasteiger partial charge in [-0.05, 0) is 43.2 Å². The molecule has 1 saturated carbocycles. The first-order valence-corrected chi connectivity index (χ1v) is 10.4. The van der Waals surface area contributed by atoms with Crippen molar-refractivity contribution >= 4 is 39.2 Å². The SMILES string of the molecule is COc1ccc(C(=O)Nc2[nH]nc3sc(C(=O)N(N)C4CCCCC4)cc23)cc1. The molecule has 152 valence electrons. The van der Waals surface area contributed by atoms with Gasteiger partial charge in [0.15, 0.2) is 0 Å². The number of anilines is 1. The maximum absolute atomic E-state index is 12.8. The van der Waals surface area contributed by atoms with E-state index in [1.165, 1.54) is 22.8 Å². The van der Waals surface area contributed by atoms with Gasteiger partial charge in [0.05, 0.1) is 17.4 Å². The molecule has 0 radical (unpaired) electrons. The number of nitrogens with one attached hydrogen (secondary N) is 2. The van der Waals surface area contributed by atoms with E-state index in [4.69, 9.17) is 10.6 Å². The van der Waals surface area contributed by atoms with Gasteiger partial charge < -0.3 is 10.1 Å². The molecule has 0 bridgehead atoms. The minimum absolute atomic E-state index is 0.0847. The molecule has 1 fully saturated rings. The van der Waals surface area contributed by atoms with Crippen LogP contribution in [0.5, 0.6) is 5.75 Å². The molecular weight excluding hydrogens is 390 g/mol. The van der Waals surface area contributed by atoms with Crippen LogP contribution in [0, 0.1) is 0 Å². The first-order valence-electron chi connectivity index (χ1n) is 9.58. The normalized spacial score (nSPS) is 14.7. The molecule has 3 aromatic rings. The van der Waals surface area contributed by atoms with Gasteiger partial charge in [0, 0.05) is 11.6 Å². The van der Waals surface area contributed by atoms with Gasteiger partial charge in [-0.3, -0.25) is 19.7 Å². The van der Waals surface area contributed by atoms with E-state index in [1.807, 2.05) is 0 Å². The lowest BCUT2D eigenvalue weighted by molar-refractivity contribution is 0.0638. The van der Waals surface area contributed by atoms with Gasteiger partial charge in [0.2, 0.25) is 0 Å². The Labute approximate surface area is 172 Å². The molecule has 29 heavy (non-hydrogen) atoms. The van der Waals surface area contributed by atoms with Crippen LogP contribution in [0.3, 0.4) is 0 Å². The molecule has 2 amide bonds. The van der Waals surface area contributed by atoms with Crippen LogP contribution in [0.4, 0.5) is 5.82 Å². The molecule has 8 nitrogen and oxygen atoms in total. The minimum atomic E-state index is -0.278. The number of aromatic nitrogens is 2. The number of fused-ring (bicyclic) bond motifs is 1. The summed E-state index contributed by atoms with van der Waals surface area (Å²) in [5.74, 6) is 6.77. The zero-order valence-electron chi connectivity index (χ0n) is 16.1. The monoisotopic (exact) mass is 413 g/mol. The lowest BCUT2D eigenvalue weighted by atomic mass is 9.95. The molecule has 4 N–H and O–H groups in total. The van der Waals surface area contributed by atoms with Crippen molar-refractivity contribution in [1.29, 1.82) is 0 Å². The highest BCUT2D eigenvalue weighted by Gasteiger charge is 2.26. The molecule has 2 aromatic heterocycles. The van der Waals surface area contributed by atoms with Crippen molar-refractivity contribution in [1.82, 2.24) is 15.2 Å². The summed E-state index contributed by atoms with van der Waals surface area (Å²) in [6, 6.07) is 8.63. The minimum Gasteiger partial charge on any atom is -0.497 e. The van der Waals surface area contributed by atoms with Gasteiger partial charge in [-0.15, -0.1) is 11.3 Å². The molecule has 9 heteroatoms. The van der Waals surface area contributed by atoms with E-state index in [0.717, 1.165) is 25.7 Å². The molecule has 1 aromatic carbocycles. The molecule has 0 saturated heterocycles. The number of rotatable bonds is 5. The number of nitrogens with two attached hydrogens (primary N) is 1. The Morgan fingerprint density at radius 3 is 2.66 bits per heavy atom. The third kappa shape index (κ3) is 3.96. The number of ether oxygens (including phenoxy) is 1. The number of aromatic amines is 1. The molecule has 1 aliphatic rings. The second-order valence-electron chi connectivity index (χ2n) is 7.11. The summed E-state index contributed by atoms with van der Waals surface area (Å²) < 4.78 is 5.11. The first kappa shape index (κ1) is 19.4. The maximum Gasteiger partial charge on any atom is 0.278 e. The molecule has 0 atom stereocenters. The predicted molar refractivity (Wildman–Crippen MR) is 112 cm³/mol. The number of methoxy groups -OCH3 is 1. The van der Waals surface area contributed by atoms with Gasteiger partial charge in [-0.2, -0.15) is 5.10 Å². The van der Waals surface area contributed by atoms with Crippen molar-refractivity contribution in [2.24, 2.45) is 5.84 Å². The summed E-state index contributed by atoms with van der Waals surface area (Å²) in [4.78, 5) is 26.5. The number of hydrogen-bond donors (Lipinski definition) is 3. The first-order chi connectivity index (χ1) is 14.1. The van der Waals surface area contributed by atoms with Crippen molar-refractivity contribution in [2.45, 2.75) is 38.1 Å². The van der Waals surface area contributed by atoms with Crippen LogP contribution < -0.4 is 15.9 Å². The Morgan fingerprint density at radius 1 is 1.24 bits per heavy atom. The molecule has 1 aliphatic carbocycles. The van der Waals surface area contributed by atoms with Crippen LogP contribution in [-0.2, 0) is 0 Å². The number of nitrogens with zero attached hydrogens (tertiary/aromatic N) is 2. The number of carbonyl (C=O) groups excluding carboxylic acids is 2. The quantitative estimate of drug-likeness (QED) is 0.336. The summed E-state index contributed by atoms with van der Waals surface area (Å²) >= 11 is 1.26. The second-order valence-corrected chi connectivity index (χ2v) is 8.15. The highest BCUT2D eigenvalue weighted by Crippen LogP contribution is 2.31. The van der Waals surface area contributed by atoms with E-state index in [0.29, 0.717) is 32.2 Å². The summed E-state index contributed by atoms with van der Waals surface area (Å²) in [6.45, 7) is 0. The smallest absolute Gasteiger partial charge is 0.278 e. The van der Waals surface area contributed by atoms with E-state index in [-0.39, 0.29) is 17.9 Å². The van der Waals surface area contributed by atoms with Crippen molar-refractivity contribution in [3.05, 3.63) is 40.8 Å². The van der Waals surface area contributed by atoms with E-state index < -0.39 is 0 Å². The molecular formula is C20H23N5O3S. The Hall–Kier alpha value is -2.91. The molecule has 0 unspecified atom stereocenters. The lowest BCUT2D eigenvalue weighted by Crippen LogP contribution is -2.46. The van der Waals surface area contributed by atoms with Crippen molar-refractivity contribution in [3.8, 4) is 5.75 Å². The Balaban J connectivity index is 1.50. The topological polar surface area (TPSA) is 113 Å². The average Bonchev–Trinajstić information content (AvgIpc) is 3.35. The molecule has 2 heterocycles. The van der Waals surface area contributed by atoms with Gasteiger partial charge in [-0.25, -0.2) is 5.84 Å². The van der Waals surface area contributed by atoms with Crippen LogP contribution in [0.15, 0.2) is 30.3 Å². The number of H-pyrrole nitrogens is 1. The highest BCUT2D eigenvalue weighted by atomic mass is 32.1. The van der Waals surface area contributed by atoms with Crippen LogP contribution in [0.25, 0.3) is 10.2 Å². The van der Waals surface area contributed by atoms with E-state index >= 15 is 0 Å². The summed E-state index contributed by atoms with van der Waals surface area (Å²) in [5, 5.41) is 11.9. The summed E-state index contributed by atoms with van der Waals surface area (Å²) in [5.41, 5.74) is 0.491. The van der Waals surface area contributed by atoms with E-state index in [1.54, 1.807) is 37.4 Å². The Bertz CT molecular complexity index is 1020. The highest BCUT2D eigenvalue weighted by molar-refractivity contribution is 7.20. The largest absolute Gasteiger partial charge is 0.497 e. The Morgan fingerprint density at radius 2 is 1.97 bits per heavy atom. The Kier molecular flexibility index (Phi) is 5.50. The number of amides is 2. The third-order valence-electron chi connectivity index (χ3n) is 5.26. The van der Waals surface area contributed by atoms with Crippen LogP contribution >= 0.6 is 11.3 Å². The standard InChI is InChI=1S/C20H23N5O3S/c1-28-14-9-7-12(8-10-14)18(26)22-17-15-11-16(29-19(15)24-23-17)20(27)25(21)13-5-3-2-4-6-13/h7-11,13H,2-6,21H2,1H3,(H2,22,23,24,26). The second kappa shape index (κ2) is 8.22. The fraction of sp³-hybridized carbons (Fsp3) is 0.350. The maximum atomic E-state index is 12.8. The molecule has 4 rings (SSSR count). The van der Waals surface area contributed by atoms with Gasteiger partial charge in [0.1, 0.15) is 16.4 Å². The predicted octanol–water partition coefficient (Wildman–Crippen LogP) is 3.53. The van der Waals surface area contributed by atoms with Crippen molar-refractivity contribution in [2.75, 3.05) is 12.4 Å². The summed E-state index contributed by atoms with van der Waals surface area (Å²) in [6.07, 6.45) is 5.27. The van der Waals surface area contributed by atoms with E-state index in [2.05, 4.69) is 15.5 Å². The number of hydrazine groups is 1. The molecule has 0 spiro atoms. The van der Waals surface area contributed by atoms with Crippen molar-refractivity contribution in [3.63, 3.8) is 0 Å². The fourth-order valence-electron chi connectivity index (χ4n) is 3.59. The number of thiophene rings is 1. The van der Waals surface area contributed by atoms with Gasteiger partial charge in [-0.1, -0.05) is 19.3 Å². The van der Waals surface area contributed by atoms with Gasteiger partial charge >= 0.3 is 0 Å². The van der Waals surface area contributed by atoms with Crippen LogP contribution in [0.1, 0.15) is 52.1 Å². The van der Waals surface area contributed by atoms with E-state index in [9.17, 15) is 9.59 Å². The van der Waals surface area contributed by atoms with Gasteiger partial charge in [0.25, 0.3) is 11.8 Å². The third-order valence-corrected chi connectivity index (χ3v) is 6.27. The van der Waals surface area contributed by atoms with Crippen LogP contribution in [-0.4, -0.2) is 40.2 Å². The van der Waals surface area contributed by atoms with Crippen molar-refractivity contribution < 1.29 is 14.3 Å². The lowest BCUT2D eigenvalue weighted by Gasteiger charge is -2.30. The average molecular weight is 414 g/mol. The number of carbonyl (C=O) groups is 2. The zero-order chi connectivity index (χ0) is 20.4. The molecule has 0 aliphatic heterocycles.